The van der Waals surface area contributed by atoms with Crippen molar-refractivity contribution in [2.24, 2.45) is 12.8 Å². The summed E-state index contributed by atoms with van der Waals surface area (Å²) in [6.45, 7) is 1.20. The summed E-state index contributed by atoms with van der Waals surface area (Å²) in [6.07, 6.45) is 1.48. The van der Waals surface area contributed by atoms with Gasteiger partial charge in [-0.25, -0.2) is 14.6 Å². The Balaban J connectivity index is 2.44. The first-order chi connectivity index (χ1) is 6.83. The van der Waals surface area contributed by atoms with Crippen molar-refractivity contribution in [1.82, 2.24) is 25.0 Å². The van der Waals surface area contributed by atoms with Crippen molar-refractivity contribution in [3.63, 3.8) is 0 Å². The lowest BCUT2D eigenvalue weighted by Gasteiger charge is -2.02. The van der Waals surface area contributed by atoms with E-state index in [-0.39, 0.29) is 0 Å². The molecular weight excluding hydrogens is 182 g/mol. The number of nitrogens with two attached hydrogens (primary N) is 1. The summed E-state index contributed by atoms with van der Waals surface area (Å²) in [5, 5.41) is 10.9. The van der Waals surface area contributed by atoms with Crippen LogP contribution in [-0.4, -0.2) is 38.1 Å². The topological polar surface area (TPSA) is 94.5 Å². The van der Waals surface area contributed by atoms with E-state index in [2.05, 4.69) is 25.6 Å². The van der Waals surface area contributed by atoms with Crippen molar-refractivity contribution in [3.8, 4) is 0 Å². The van der Waals surface area contributed by atoms with E-state index < -0.39 is 0 Å². The zero-order chi connectivity index (χ0) is 9.97. The molecule has 0 amide bonds. The molecule has 0 saturated heterocycles. The molecule has 0 spiro atoms. The van der Waals surface area contributed by atoms with Gasteiger partial charge in [0.2, 0.25) is 0 Å². The maximum atomic E-state index is 5.38. The van der Waals surface area contributed by atoms with Crippen molar-refractivity contribution in [3.05, 3.63) is 6.33 Å². The molecule has 0 atom stereocenters. The molecule has 0 fully saturated rings. The van der Waals surface area contributed by atoms with Crippen LogP contribution in [-0.2, 0) is 7.05 Å². The van der Waals surface area contributed by atoms with Gasteiger partial charge in [-0.05, 0) is 0 Å². The Morgan fingerprint density at radius 2 is 2.36 bits per heavy atom. The number of hydrogen-bond donors (Lipinski definition) is 2. The van der Waals surface area contributed by atoms with Crippen LogP contribution in [0.15, 0.2) is 6.33 Å². The lowest BCUT2D eigenvalue weighted by Crippen LogP contribution is -2.14. The Morgan fingerprint density at radius 1 is 1.50 bits per heavy atom. The molecule has 14 heavy (non-hydrogen) atoms. The molecular formula is C7H11N7. The average Bonchev–Trinajstić information content (AvgIpc) is 2.58. The van der Waals surface area contributed by atoms with Gasteiger partial charge in [-0.15, -0.1) is 5.10 Å². The largest absolute Gasteiger partial charge is 0.367 e. The zero-order valence-electron chi connectivity index (χ0n) is 7.80. The summed E-state index contributed by atoms with van der Waals surface area (Å²) in [5.41, 5.74) is 6.76. The van der Waals surface area contributed by atoms with Gasteiger partial charge in [0.1, 0.15) is 6.33 Å². The zero-order valence-corrected chi connectivity index (χ0v) is 7.80. The summed E-state index contributed by atoms with van der Waals surface area (Å²) in [7, 11) is 1.79. The van der Waals surface area contributed by atoms with Gasteiger partial charge in [0.15, 0.2) is 17.0 Å². The molecule has 7 heteroatoms. The first-order valence-corrected chi connectivity index (χ1v) is 4.27. The van der Waals surface area contributed by atoms with Gasteiger partial charge >= 0.3 is 0 Å². The predicted molar refractivity (Wildman–Crippen MR) is 51.6 cm³/mol. The molecule has 3 N–H and O–H groups in total. The van der Waals surface area contributed by atoms with E-state index in [0.717, 1.165) is 0 Å². The van der Waals surface area contributed by atoms with Crippen molar-refractivity contribution in [2.75, 3.05) is 18.4 Å². The predicted octanol–water partition coefficient (Wildman–Crippen LogP) is -0.871. The summed E-state index contributed by atoms with van der Waals surface area (Å²) in [5.74, 6) is 0.675. The van der Waals surface area contributed by atoms with Gasteiger partial charge in [-0.2, -0.15) is 0 Å². The summed E-state index contributed by atoms with van der Waals surface area (Å²) >= 11 is 0. The Labute approximate surface area is 80.3 Å². The number of anilines is 1. The second-order valence-corrected chi connectivity index (χ2v) is 2.82. The highest BCUT2D eigenvalue weighted by Crippen LogP contribution is 2.13. The van der Waals surface area contributed by atoms with Crippen LogP contribution in [0.3, 0.4) is 0 Å². The minimum atomic E-state index is 0.547. The van der Waals surface area contributed by atoms with E-state index in [9.17, 15) is 0 Å². The maximum absolute atomic E-state index is 5.38. The van der Waals surface area contributed by atoms with Crippen LogP contribution in [0.1, 0.15) is 0 Å². The van der Waals surface area contributed by atoms with Crippen LogP contribution in [0.4, 0.5) is 5.82 Å². The fraction of sp³-hybridized carbons (Fsp3) is 0.429. The molecule has 2 heterocycles. The van der Waals surface area contributed by atoms with E-state index in [0.29, 0.717) is 30.1 Å². The van der Waals surface area contributed by atoms with Crippen molar-refractivity contribution >= 4 is 17.0 Å². The maximum Gasteiger partial charge on any atom is 0.183 e. The number of hydrogen-bond acceptors (Lipinski definition) is 6. The molecule has 0 unspecified atom stereocenters. The van der Waals surface area contributed by atoms with Gasteiger partial charge in [0.25, 0.3) is 0 Å². The molecule has 2 aromatic rings. The lowest BCUT2D eigenvalue weighted by atomic mass is 10.5. The second-order valence-electron chi connectivity index (χ2n) is 2.82. The van der Waals surface area contributed by atoms with E-state index in [1.165, 1.54) is 6.33 Å². The second kappa shape index (κ2) is 3.54. The fourth-order valence-corrected chi connectivity index (χ4v) is 1.17. The number of rotatable bonds is 3. The van der Waals surface area contributed by atoms with E-state index in [4.69, 9.17) is 5.73 Å². The van der Waals surface area contributed by atoms with Crippen LogP contribution in [0.25, 0.3) is 11.2 Å². The SMILES string of the molecule is Cn1nnc2c(NCCN)ncnc21. The molecule has 2 rings (SSSR count). The van der Waals surface area contributed by atoms with Crippen LogP contribution in [0.5, 0.6) is 0 Å². The molecule has 0 aliphatic heterocycles. The number of nitrogens with zero attached hydrogens (tertiary/aromatic N) is 5. The van der Waals surface area contributed by atoms with Gasteiger partial charge < -0.3 is 11.1 Å². The monoisotopic (exact) mass is 193 g/mol. The normalized spacial score (nSPS) is 10.7. The highest BCUT2D eigenvalue weighted by Gasteiger charge is 2.07. The Kier molecular flexibility index (Phi) is 2.23. The van der Waals surface area contributed by atoms with Crippen molar-refractivity contribution < 1.29 is 0 Å². The molecule has 7 nitrogen and oxygen atoms in total. The van der Waals surface area contributed by atoms with Crippen molar-refractivity contribution in [1.29, 1.82) is 0 Å². The Hall–Kier alpha value is -1.76. The smallest absolute Gasteiger partial charge is 0.183 e. The fourth-order valence-electron chi connectivity index (χ4n) is 1.17. The molecule has 2 aromatic heterocycles. The Morgan fingerprint density at radius 3 is 3.14 bits per heavy atom. The Bertz CT molecular complexity index is 435. The molecule has 0 aliphatic rings. The summed E-state index contributed by atoms with van der Waals surface area (Å²) in [6, 6.07) is 0. The van der Waals surface area contributed by atoms with Gasteiger partial charge in [0, 0.05) is 20.1 Å². The quantitative estimate of drug-likeness (QED) is 0.658. The third-order valence-electron chi connectivity index (χ3n) is 1.83. The first-order valence-electron chi connectivity index (χ1n) is 4.27. The summed E-state index contributed by atoms with van der Waals surface area (Å²) in [4.78, 5) is 8.13. The van der Waals surface area contributed by atoms with Gasteiger partial charge in [-0.3, -0.25) is 0 Å². The highest BCUT2D eigenvalue weighted by atomic mass is 15.4. The third-order valence-corrected chi connectivity index (χ3v) is 1.83. The number of aryl methyl sites for hydroxylation is 1. The van der Waals surface area contributed by atoms with Crippen LogP contribution in [0.2, 0.25) is 0 Å². The first kappa shape index (κ1) is 8.82. The average molecular weight is 193 g/mol. The van der Waals surface area contributed by atoms with Gasteiger partial charge in [-0.1, -0.05) is 5.21 Å². The standard InChI is InChI=1S/C7H11N7/c1-14-7-5(12-13-14)6(9-3-2-8)10-4-11-7/h4H,2-3,8H2,1H3,(H,9,10,11). The minimum Gasteiger partial charge on any atom is -0.367 e. The lowest BCUT2D eigenvalue weighted by molar-refractivity contribution is 0.729. The molecule has 0 radical (unpaired) electrons. The summed E-state index contributed by atoms with van der Waals surface area (Å²) < 4.78 is 1.60. The van der Waals surface area contributed by atoms with E-state index >= 15 is 0 Å². The minimum absolute atomic E-state index is 0.547. The van der Waals surface area contributed by atoms with Crippen LogP contribution in [0, 0.1) is 0 Å². The van der Waals surface area contributed by atoms with Crippen LogP contribution < -0.4 is 11.1 Å². The number of fused-ring (bicyclic) bond motifs is 1. The molecule has 74 valence electrons. The van der Waals surface area contributed by atoms with Gasteiger partial charge in [0.05, 0.1) is 0 Å². The molecule has 0 aliphatic carbocycles. The van der Waals surface area contributed by atoms with E-state index in [1.54, 1.807) is 11.7 Å². The third kappa shape index (κ3) is 1.37. The number of nitrogens with one attached hydrogen (secondary N) is 1. The van der Waals surface area contributed by atoms with Crippen LogP contribution >= 0.6 is 0 Å². The van der Waals surface area contributed by atoms with E-state index in [1.807, 2.05) is 0 Å². The highest BCUT2D eigenvalue weighted by molar-refractivity contribution is 5.81. The molecule has 0 aromatic carbocycles. The number of aromatic nitrogens is 5. The molecule has 0 saturated carbocycles. The van der Waals surface area contributed by atoms with Crippen molar-refractivity contribution in [2.45, 2.75) is 0 Å². The molecule has 0 bridgehead atoms.